The van der Waals surface area contributed by atoms with Gasteiger partial charge in [0.05, 0.1) is 0 Å². The molecule has 1 unspecified atom stereocenters. The fraction of sp³-hybridized carbons (Fsp3) is 0.118. The summed E-state index contributed by atoms with van der Waals surface area (Å²) < 4.78 is 23.4. The second-order valence-electron chi connectivity index (χ2n) is 5.13. The number of halogens is 2. The quantitative estimate of drug-likeness (QED) is 0.744. The van der Waals surface area contributed by atoms with E-state index >= 15 is 0 Å². The first kappa shape index (κ1) is 16.9. The van der Waals surface area contributed by atoms with Crippen LogP contribution in [0.2, 0.25) is 5.02 Å². The standard InChI is InChI=1S/C17H13ClFN3O3/c1-10(24-14-8-6-13(19)7-9-14)15(23)20-17-21-16(25-22-17)11-2-4-12(18)5-3-11/h2-10H,1H3,(H,20,22,23). The molecule has 3 rings (SSSR count). The monoisotopic (exact) mass is 361 g/mol. The number of amides is 1. The van der Waals surface area contributed by atoms with Crippen LogP contribution in [0.25, 0.3) is 11.5 Å². The Hall–Kier alpha value is -2.93. The summed E-state index contributed by atoms with van der Waals surface area (Å²) in [5.74, 6) is -0.207. The van der Waals surface area contributed by atoms with Crippen LogP contribution in [0, 0.1) is 5.82 Å². The summed E-state index contributed by atoms with van der Waals surface area (Å²) in [6, 6.07) is 12.2. The molecule has 2 aromatic carbocycles. The highest BCUT2D eigenvalue weighted by Gasteiger charge is 2.18. The highest BCUT2D eigenvalue weighted by Crippen LogP contribution is 2.21. The lowest BCUT2D eigenvalue weighted by Crippen LogP contribution is -2.30. The number of hydrogen-bond acceptors (Lipinski definition) is 5. The van der Waals surface area contributed by atoms with Crippen LogP contribution in [-0.4, -0.2) is 22.2 Å². The van der Waals surface area contributed by atoms with Crippen LogP contribution in [0.1, 0.15) is 6.92 Å². The number of ether oxygens (including phenoxy) is 1. The number of carbonyl (C=O) groups is 1. The molecule has 0 radical (unpaired) electrons. The summed E-state index contributed by atoms with van der Waals surface area (Å²) >= 11 is 5.82. The molecule has 0 aliphatic heterocycles. The lowest BCUT2D eigenvalue weighted by Gasteiger charge is -2.13. The summed E-state index contributed by atoms with van der Waals surface area (Å²) in [5, 5.41) is 6.78. The average molecular weight is 362 g/mol. The van der Waals surface area contributed by atoms with Crippen molar-refractivity contribution in [3.05, 3.63) is 59.4 Å². The lowest BCUT2D eigenvalue weighted by atomic mass is 10.2. The Morgan fingerprint density at radius 1 is 1.20 bits per heavy atom. The van der Waals surface area contributed by atoms with Crippen LogP contribution in [0.3, 0.4) is 0 Å². The highest BCUT2D eigenvalue weighted by atomic mass is 35.5. The van der Waals surface area contributed by atoms with Crippen molar-refractivity contribution >= 4 is 23.5 Å². The largest absolute Gasteiger partial charge is 0.481 e. The van der Waals surface area contributed by atoms with E-state index in [1.54, 1.807) is 31.2 Å². The SMILES string of the molecule is CC(Oc1ccc(F)cc1)C(=O)Nc1noc(-c2ccc(Cl)cc2)n1. The summed E-state index contributed by atoms with van der Waals surface area (Å²) in [6.45, 7) is 1.55. The number of carbonyl (C=O) groups excluding carboxylic acids is 1. The molecule has 1 amide bonds. The predicted octanol–water partition coefficient (Wildman–Crippen LogP) is 3.94. The van der Waals surface area contributed by atoms with Gasteiger partial charge in [-0.05, 0) is 60.6 Å². The van der Waals surface area contributed by atoms with E-state index in [0.29, 0.717) is 16.3 Å². The summed E-state index contributed by atoms with van der Waals surface area (Å²) in [7, 11) is 0. The topological polar surface area (TPSA) is 77.2 Å². The molecule has 128 valence electrons. The van der Waals surface area contributed by atoms with Crippen molar-refractivity contribution in [2.45, 2.75) is 13.0 Å². The van der Waals surface area contributed by atoms with Crippen molar-refractivity contribution in [2.75, 3.05) is 5.32 Å². The number of aromatic nitrogens is 2. The Morgan fingerprint density at radius 2 is 1.88 bits per heavy atom. The second-order valence-corrected chi connectivity index (χ2v) is 5.57. The van der Waals surface area contributed by atoms with Gasteiger partial charge in [-0.1, -0.05) is 11.6 Å². The average Bonchev–Trinajstić information content (AvgIpc) is 3.06. The van der Waals surface area contributed by atoms with Crippen molar-refractivity contribution in [1.82, 2.24) is 10.1 Å². The van der Waals surface area contributed by atoms with Gasteiger partial charge in [0.25, 0.3) is 17.7 Å². The van der Waals surface area contributed by atoms with Gasteiger partial charge < -0.3 is 9.26 Å². The van der Waals surface area contributed by atoms with E-state index in [1.807, 2.05) is 0 Å². The fourth-order valence-corrected chi connectivity index (χ4v) is 2.09. The van der Waals surface area contributed by atoms with Crippen molar-refractivity contribution in [2.24, 2.45) is 0 Å². The molecule has 0 bridgehead atoms. The van der Waals surface area contributed by atoms with Crippen LogP contribution in [0.15, 0.2) is 53.1 Å². The molecule has 0 aliphatic rings. The normalized spacial score (nSPS) is 11.8. The number of anilines is 1. The minimum absolute atomic E-state index is 0.0181. The minimum Gasteiger partial charge on any atom is -0.481 e. The van der Waals surface area contributed by atoms with E-state index in [9.17, 15) is 9.18 Å². The van der Waals surface area contributed by atoms with Crippen LogP contribution >= 0.6 is 11.6 Å². The first-order chi connectivity index (χ1) is 12.0. The smallest absolute Gasteiger partial charge is 0.270 e. The maximum absolute atomic E-state index is 12.9. The second kappa shape index (κ2) is 7.31. The van der Waals surface area contributed by atoms with Crippen LogP contribution in [-0.2, 0) is 4.79 Å². The Balaban J connectivity index is 1.62. The third kappa shape index (κ3) is 4.33. The number of nitrogens with zero attached hydrogens (tertiary/aromatic N) is 2. The molecule has 8 heteroatoms. The van der Waals surface area contributed by atoms with E-state index in [-0.39, 0.29) is 17.7 Å². The van der Waals surface area contributed by atoms with Gasteiger partial charge in [0.1, 0.15) is 11.6 Å². The molecule has 3 aromatic rings. The Bertz CT molecular complexity index is 866. The van der Waals surface area contributed by atoms with Gasteiger partial charge in [0, 0.05) is 10.6 Å². The van der Waals surface area contributed by atoms with Gasteiger partial charge in [-0.2, -0.15) is 4.98 Å². The van der Waals surface area contributed by atoms with E-state index < -0.39 is 12.0 Å². The Kier molecular flexibility index (Phi) is 4.95. The molecule has 1 aromatic heterocycles. The van der Waals surface area contributed by atoms with Crippen molar-refractivity contribution in [3.8, 4) is 17.2 Å². The lowest BCUT2D eigenvalue weighted by molar-refractivity contribution is -0.122. The summed E-state index contributed by atoms with van der Waals surface area (Å²) in [6.07, 6.45) is -0.831. The number of rotatable bonds is 5. The summed E-state index contributed by atoms with van der Waals surface area (Å²) in [4.78, 5) is 16.2. The van der Waals surface area contributed by atoms with Gasteiger partial charge in [-0.25, -0.2) is 4.39 Å². The third-order valence-electron chi connectivity index (χ3n) is 3.25. The zero-order chi connectivity index (χ0) is 17.8. The number of benzene rings is 2. The molecule has 6 nitrogen and oxygen atoms in total. The van der Waals surface area contributed by atoms with Gasteiger partial charge in [0.2, 0.25) is 0 Å². The molecule has 0 fully saturated rings. The highest BCUT2D eigenvalue weighted by molar-refractivity contribution is 6.30. The van der Waals surface area contributed by atoms with E-state index in [2.05, 4.69) is 15.5 Å². The van der Waals surface area contributed by atoms with Crippen LogP contribution in [0.5, 0.6) is 5.75 Å². The molecule has 1 heterocycles. The van der Waals surface area contributed by atoms with Crippen LogP contribution < -0.4 is 10.1 Å². The zero-order valence-corrected chi connectivity index (χ0v) is 13.8. The van der Waals surface area contributed by atoms with Gasteiger partial charge in [-0.15, -0.1) is 0 Å². The van der Waals surface area contributed by atoms with Crippen molar-refractivity contribution in [1.29, 1.82) is 0 Å². The molecule has 0 aliphatic carbocycles. The molecule has 0 saturated carbocycles. The van der Waals surface area contributed by atoms with Crippen molar-refractivity contribution < 1.29 is 18.4 Å². The summed E-state index contributed by atoms with van der Waals surface area (Å²) in [5.41, 5.74) is 0.674. The zero-order valence-electron chi connectivity index (χ0n) is 13.1. The fourth-order valence-electron chi connectivity index (χ4n) is 1.97. The van der Waals surface area contributed by atoms with Gasteiger partial charge in [0.15, 0.2) is 6.10 Å². The van der Waals surface area contributed by atoms with Gasteiger partial charge >= 0.3 is 0 Å². The van der Waals surface area contributed by atoms with E-state index in [0.717, 1.165) is 0 Å². The third-order valence-corrected chi connectivity index (χ3v) is 3.50. The molecular weight excluding hydrogens is 349 g/mol. The Labute approximate surface area is 147 Å². The van der Waals surface area contributed by atoms with Crippen LogP contribution in [0.4, 0.5) is 10.3 Å². The first-order valence-electron chi connectivity index (χ1n) is 7.34. The predicted molar refractivity (Wildman–Crippen MR) is 89.9 cm³/mol. The van der Waals surface area contributed by atoms with E-state index in [4.69, 9.17) is 20.9 Å². The molecule has 1 atom stereocenters. The van der Waals surface area contributed by atoms with Gasteiger partial charge in [-0.3, -0.25) is 10.1 Å². The number of nitrogens with one attached hydrogen (secondary N) is 1. The molecular formula is C17H13ClFN3O3. The first-order valence-corrected chi connectivity index (χ1v) is 7.72. The molecule has 0 saturated heterocycles. The Morgan fingerprint density at radius 3 is 2.56 bits per heavy atom. The number of hydrogen-bond donors (Lipinski definition) is 1. The molecule has 1 N–H and O–H groups in total. The maximum atomic E-state index is 12.9. The minimum atomic E-state index is -0.831. The van der Waals surface area contributed by atoms with Crippen molar-refractivity contribution in [3.63, 3.8) is 0 Å². The van der Waals surface area contributed by atoms with E-state index in [1.165, 1.54) is 24.3 Å². The molecule has 0 spiro atoms. The molecule has 25 heavy (non-hydrogen) atoms. The maximum Gasteiger partial charge on any atom is 0.270 e.